The molecule has 2 rings (SSSR count). The molecule has 0 heterocycles. The molecule has 0 aliphatic rings. The summed E-state index contributed by atoms with van der Waals surface area (Å²) in [5.41, 5.74) is 0.808. The molecule has 0 aliphatic heterocycles. The Balaban J connectivity index is 2.71. The van der Waals surface area contributed by atoms with Gasteiger partial charge in [-0.1, -0.05) is 49.2 Å². The molecule has 0 aromatic heterocycles. The lowest BCUT2D eigenvalue weighted by atomic mass is 10.00. The van der Waals surface area contributed by atoms with Gasteiger partial charge in [0, 0.05) is 16.3 Å². The van der Waals surface area contributed by atoms with Gasteiger partial charge in [-0.25, -0.2) is 0 Å². The predicted molar refractivity (Wildman–Crippen MR) is 75.8 cm³/mol. The first-order valence-electron chi connectivity index (χ1n) is 6.16. The van der Waals surface area contributed by atoms with Gasteiger partial charge in [0.15, 0.2) is 0 Å². The Hall–Kier alpha value is -1.41. The van der Waals surface area contributed by atoms with E-state index < -0.39 is 0 Å². The van der Waals surface area contributed by atoms with E-state index in [1.54, 1.807) is 7.11 Å². The summed E-state index contributed by atoms with van der Waals surface area (Å²) in [4.78, 5) is 0. The van der Waals surface area contributed by atoms with E-state index in [2.05, 4.69) is 6.92 Å². The van der Waals surface area contributed by atoms with Crippen LogP contribution in [-0.4, -0.2) is 12.2 Å². The molecule has 0 spiro atoms. The highest BCUT2D eigenvalue weighted by molar-refractivity contribution is 6.37. The quantitative estimate of drug-likeness (QED) is 0.878. The molecule has 2 nitrogen and oxygen atoms in total. The maximum atomic E-state index is 10.4. The third kappa shape index (κ3) is 2.13. The van der Waals surface area contributed by atoms with Crippen molar-refractivity contribution in [1.29, 1.82) is 0 Å². The highest BCUT2D eigenvalue weighted by Gasteiger charge is 2.17. The Morgan fingerprint density at radius 2 is 1.89 bits per heavy atom. The molecule has 1 N–H and O–H groups in total. The lowest BCUT2D eigenvalue weighted by molar-refractivity contribution is 0.401. The van der Waals surface area contributed by atoms with Crippen LogP contribution in [0.4, 0.5) is 0 Å². The third-order valence-electron chi connectivity index (χ3n) is 3.16. The number of hydrogen-bond donors (Lipinski definition) is 1. The summed E-state index contributed by atoms with van der Waals surface area (Å²) in [6.07, 6.45) is 2.84. The summed E-state index contributed by atoms with van der Waals surface area (Å²) in [7, 11) is 1.59. The maximum Gasteiger partial charge on any atom is 0.144 e. The number of benzene rings is 2. The minimum atomic E-state index is 0.292. The van der Waals surface area contributed by atoms with Crippen molar-refractivity contribution in [3.63, 3.8) is 0 Å². The van der Waals surface area contributed by atoms with Crippen LogP contribution in [0, 0.1) is 0 Å². The number of methoxy groups -OCH3 is 1. The van der Waals surface area contributed by atoms with Crippen molar-refractivity contribution in [3.8, 4) is 11.5 Å². The van der Waals surface area contributed by atoms with Gasteiger partial charge in [0.05, 0.1) is 12.1 Å². The maximum absolute atomic E-state index is 10.4. The van der Waals surface area contributed by atoms with E-state index in [0.717, 1.165) is 35.6 Å². The van der Waals surface area contributed by atoms with Crippen LogP contribution in [-0.2, 0) is 6.42 Å². The second-order valence-corrected chi connectivity index (χ2v) is 4.70. The number of rotatable bonds is 4. The third-order valence-corrected chi connectivity index (χ3v) is 3.54. The van der Waals surface area contributed by atoms with Gasteiger partial charge in [0.25, 0.3) is 0 Å². The summed E-state index contributed by atoms with van der Waals surface area (Å²) < 4.78 is 5.37. The Morgan fingerprint density at radius 1 is 1.22 bits per heavy atom. The number of aromatic hydroxyl groups is 1. The molecule has 0 saturated heterocycles. The number of halogens is 1. The van der Waals surface area contributed by atoms with E-state index in [4.69, 9.17) is 16.3 Å². The normalized spacial score (nSPS) is 10.8. The van der Waals surface area contributed by atoms with Crippen molar-refractivity contribution in [2.24, 2.45) is 0 Å². The molecular weight excluding hydrogens is 248 g/mol. The van der Waals surface area contributed by atoms with E-state index in [1.165, 1.54) is 0 Å². The van der Waals surface area contributed by atoms with Crippen molar-refractivity contribution in [1.82, 2.24) is 0 Å². The second kappa shape index (κ2) is 5.49. The molecule has 0 amide bonds. The van der Waals surface area contributed by atoms with Gasteiger partial charge in [0.2, 0.25) is 0 Å². The van der Waals surface area contributed by atoms with E-state index in [1.807, 2.05) is 24.3 Å². The molecule has 18 heavy (non-hydrogen) atoms. The van der Waals surface area contributed by atoms with Crippen molar-refractivity contribution in [2.45, 2.75) is 26.2 Å². The van der Waals surface area contributed by atoms with E-state index in [9.17, 15) is 5.11 Å². The van der Waals surface area contributed by atoms with Crippen LogP contribution in [0.15, 0.2) is 24.3 Å². The lowest BCUT2D eigenvalue weighted by Gasteiger charge is -2.15. The Kier molecular flexibility index (Phi) is 3.97. The zero-order chi connectivity index (χ0) is 13.1. The van der Waals surface area contributed by atoms with Gasteiger partial charge in [-0.3, -0.25) is 0 Å². The SMILES string of the molecule is CCCCc1c(OC)c(Cl)c2ccccc2c1O. The zero-order valence-electron chi connectivity index (χ0n) is 10.7. The molecule has 0 radical (unpaired) electrons. The topological polar surface area (TPSA) is 29.5 Å². The average Bonchev–Trinajstić information content (AvgIpc) is 2.41. The van der Waals surface area contributed by atoms with Crippen LogP contribution in [0.5, 0.6) is 11.5 Å². The summed E-state index contributed by atoms with van der Waals surface area (Å²) >= 11 is 6.36. The molecule has 0 saturated carbocycles. The molecule has 0 unspecified atom stereocenters. The number of phenols is 1. The molecule has 2 aromatic carbocycles. The van der Waals surface area contributed by atoms with Crippen LogP contribution >= 0.6 is 11.6 Å². The zero-order valence-corrected chi connectivity index (χ0v) is 11.4. The molecule has 2 aromatic rings. The summed E-state index contributed by atoms with van der Waals surface area (Å²) in [5, 5.41) is 12.6. The monoisotopic (exact) mass is 264 g/mol. The van der Waals surface area contributed by atoms with Gasteiger partial charge in [0.1, 0.15) is 11.5 Å². The average molecular weight is 265 g/mol. The molecule has 96 valence electrons. The molecule has 0 bridgehead atoms. The highest BCUT2D eigenvalue weighted by Crippen LogP contribution is 2.43. The van der Waals surface area contributed by atoms with Gasteiger partial charge in [-0.15, -0.1) is 0 Å². The highest BCUT2D eigenvalue weighted by atomic mass is 35.5. The van der Waals surface area contributed by atoms with Gasteiger partial charge in [-0.05, 0) is 12.8 Å². The van der Waals surface area contributed by atoms with Gasteiger partial charge in [-0.2, -0.15) is 0 Å². The summed E-state index contributed by atoms with van der Waals surface area (Å²) in [5.74, 6) is 0.890. The molecule has 0 aliphatic carbocycles. The molecule has 3 heteroatoms. The largest absolute Gasteiger partial charge is 0.507 e. The fraction of sp³-hybridized carbons (Fsp3) is 0.333. The Morgan fingerprint density at radius 3 is 2.50 bits per heavy atom. The van der Waals surface area contributed by atoms with Crippen molar-refractivity contribution in [2.75, 3.05) is 7.11 Å². The molecule has 0 atom stereocenters. The standard InChI is InChI=1S/C15H17ClO2/c1-3-4-7-12-14(17)11-9-6-5-8-10(11)13(16)15(12)18-2/h5-6,8-9,17H,3-4,7H2,1-2H3. The Labute approximate surface area is 112 Å². The number of ether oxygens (including phenoxy) is 1. The summed E-state index contributed by atoms with van der Waals surface area (Å²) in [6.45, 7) is 2.12. The van der Waals surface area contributed by atoms with Crippen LogP contribution in [0.1, 0.15) is 25.3 Å². The Bertz CT molecular complexity index is 564. The number of fused-ring (bicyclic) bond motifs is 1. The fourth-order valence-corrected chi connectivity index (χ4v) is 2.56. The van der Waals surface area contributed by atoms with Crippen LogP contribution in [0.2, 0.25) is 5.02 Å². The first kappa shape index (κ1) is 13.0. The lowest BCUT2D eigenvalue weighted by Crippen LogP contribution is -1.96. The van der Waals surface area contributed by atoms with Gasteiger partial charge < -0.3 is 9.84 Å². The van der Waals surface area contributed by atoms with Crippen molar-refractivity contribution >= 4 is 22.4 Å². The van der Waals surface area contributed by atoms with E-state index in [0.29, 0.717) is 16.5 Å². The van der Waals surface area contributed by atoms with Crippen molar-refractivity contribution in [3.05, 3.63) is 34.9 Å². The molecule has 0 fully saturated rings. The first-order chi connectivity index (χ1) is 8.70. The van der Waals surface area contributed by atoms with Gasteiger partial charge >= 0.3 is 0 Å². The second-order valence-electron chi connectivity index (χ2n) is 4.32. The minimum absolute atomic E-state index is 0.292. The number of phenolic OH excluding ortho intramolecular Hbond substituents is 1. The predicted octanol–water partition coefficient (Wildman–Crippen LogP) is 4.55. The van der Waals surface area contributed by atoms with Crippen LogP contribution < -0.4 is 4.74 Å². The van der Waals surface area contributed by atoms with Crippen LogP contribution in [0.25, 0.3) is 10.8 Å². The fourth-order valence-electron chi connectivity index (χ4n) is 2.20. The molecular formula is C15H17ClO2. The van der Waals surface area contributed by atoms with E-state index in [-0.39, 0.29) is 0 Å². The first-order valence-corrected chi connectivity index (χ1v) is 6.54. The van der Waals surface area contributed by atoms with E-state index >= 15 is 0 Å². The van der Waals surface area contributed by atoms with Crippen molar-refractivity contribution < 1.29 is 9.84 Å². The smallest absolute Gasteiger partial charge is 0.144 e. The van der Waals surface area contributed by atoms with Crippen LogP contribution in [0.3, 0.4) is 0 Å². The summed E-state index contributed by atoms with van der Waals surface area (Å²) in [6, 6.07) is 7.57. The number of unbranched alkanes of at least 4 members (excludes halogenated alkanes) is 1. The number of hydrogen-bond acceptors (Lipinski definition) is 2. The minimum Gasteiger partial charge on any atom is -0.507 e.